The summed E-state index contributed by atoms with van der Waals surface area (Å²) in [4.78, 5) is 9.53. The summed E-state index contributed by atoms with van der Waals surface area (Å²) in [5.74, 6) is 1.46. The van der Waals surface area contributed by atoms with E-state index in [1.807, 2.05) is 6.07 Å². The fourth-order valence-corrected chi connectivity index (χ4v) is 3.95. The van der Waals surface area contributed by atoms with Crippen molar-refractivity contribution in [2.24, 2.45) is 0 Å². The van der Waals surface area contributed by atoms with Crippen LogP contribution in [0.1, 0.15) is 37.7 Å². The van der Waals surface area contributed by atoms with Crippen molar-refractivity contribution < 1.29 is 0 Å². The maximum absolute atomic E-state index is 6.09. The third kappa shape index (κ3) is 3.64. The normalized spacial score (nSPS) is 21.7. The van der Waals surface area contributed by atoms with Crippen molar-refractivity contribution in [3.63, 3.8) is 0 Å². The number of aromatic nitrogens is 1. The molecule has 3 heterocycles. The number of pyridine rings is 1. The van der Waals surface area contributed by atoms with Crippen LogP contribution in [0.4, 0.5) is 5.82 Å². The van der Waals surface area contributed by atoms with Gasteiger partial charge in [-0.1, -0.05) is 18.0 Å². The Morgan fingerprint density at radius 1 is 1.10 bits per heavy atom. The van der Waals surface area contributed by atoms with Crippen LogP contribution in [0.2, 0.25) is 5.02 Å². The van der Waals surface area contributed by atoms with E-state index in [0.29, 0.717) is 10.9 Å². The van der Waals surface area contributed by atoms with Gasteiger partial charge in [-0.25, -0.2) is 4.98 Å². The average molecular weight is 328 g/mol. The van der Waals surface area contributed by atoms with E-state index in [9.17, 15) is 0 Å². The van der Waals surface area contributed by atoms with Gasteiger partial charge in [0, 0.05) is 31.2 Å². The second-order valence-electron chi connectivity index (χ2n) is 6.08. The van der Waals surface area contributed by atoms with Crippen LogP contribution in [0.15, 0.2) is 12.3 Å². The van der Waals surface area contributed by atoms with Gasteiger partial charge in [-0.15, -0.1) is 11.6 Å². The predicted octanol–water partition coefficient (Wildman–Crippen LogP) is 3.93. The minimum atomic E-state index is 0.443. The molecule has 21 heavy (non-hydrogen) atoms. The van der Waals surface area contributed by atoms with E-state index in [4.69, 9.17) is 23.2 Å². The molecule has 0 spiro atoms. The summed E-state index contributed by atoms with van der Waals surface area (Å²) in [5, 5.41) is 0.664. The van der Waals surface area contributed by atoms with Gasteiger partial charge >= 0.3 is 0 Å². The molecule has 1 aromatic heterocycles. The first kappa shape index (κ1) is 15.4. The third-order valence-electron chi connectivity index (χ3n) is 4.76. The van der Waals surface area contributed by atoms with Crippen molar-refractivity contribution in [1.29, 1.82) is 0 Å². The van der Waals surface area contributed by atoms with Gasteiger partial charge in [-0.2, -0.15) is 0 Å². The highest BCUT2D eigenvalue weighted by molar-refractivity contribution is 6.32. The van der Waals surface area contributed by atoms with Gasteiger partial charge < -0.3 is 9.80 Å². The zero-order valence-electron chi connectivity index (χ0n) is 12.4. The molecule has 0 aliphatic carbocycles. The van der Waals surface area contributed by atoms with Crippen molar-refractivity contribution in [3.8, 4) is 0 Å². The molecule has 5 heteroatoms. The maximum Gasteiger partial charge on any atom is 0.128 e. The van der Waals surface area contributed by atoms with Gasteiger partial charge in [0.15, 0.2) is 0 Å². The molecule has 116 valence electrons. The lowest BCUT2D eigenvalue weighted by atomic mass is 10.00. The van der Waals surface area contributed by atoms with Gasteiger partial charge in [0.25, 0.3) is 0 Å². The fourth-order valence-electron chi connectivity index (χ4n) is 3.49. The first-order chi connectivity index (χ1) is 10.3. The highest BCUT2D eigenvalue weighted by Gasteiger charge is 2.26. The van der Waals surface area contributed by atoms with E-state index in [0.717, 1.165) is 30.5 Å². The molecular formula is C16H23Cl2N3. The maximum atomic E-state index is 6.09. The third-order valence-corrected chi connectivity index (χ3v) is 5.39. The van der Waals surface area contributed by atoms with Crippen LogP contribution in [-0.2, 0) is 5.88 Å². The van der Waals surface area contributed by atoms with Gasteiger partial charge in [-0.3, -0.25) is 0 Å². The number of hydrogen-bond acceptors (Lipinski definition) is 3. The summed E-state index contributed by atoms with van der Waals surface area (Å²) in [6.45, 7) is 4.75. The minimum absolute atomic E-state index is 0.443. The lowest BCUT2D eigenvalue weighted by Crippen LogP contribution is -2.46. The Kier molecular flexibility index (Phi) is 5.25. The predicted molar refractivity (Wildman–Crippen MR) is 89.5 cm³/mol. The quantitative estimate of drug-likeness (QED) is 0.784. The Morgan fingerprint density at radius 3 is 2.48 bits per heavy atom. The molecule has 0 saturated carbocycles. The lowest BCUT2D eigenvalue weighted by molar-refractivity contribution is 0.141. The van der Waals surface area contributed by atoms with E-state index in [2.05, 4.69) is 14.8 Å². The lowest BCUT2D eigenvalue weighted by Gasteiger charge is -2.40. The molecule has 2 saturated heterocycles. The Labute approximate surface area is 137 Å². The molecule has 0 radical (unpaired) electrons. The Hall–Kier alpha value is -0.510. The van der Waals surface area contributed by atoms with E-state index in [1.165, 1.54) is 45.2 Å². The van der Waals surface area contributed by atoms with Crippen molar-refractivity contribution >= 4 is 29.0 Å². The molecule has 3 nitrogen and oxygen atoms in total. The van der Waals surface area contributed by atoms with Crippen molar-refractivity contribution in [3.05, 3.63) is 22.8 Å². The molecule has 0 bridgehead atoms. The molecule has 0 aromatic carbocycles. The van der Waals surface area contributed by atoms with Gasteiger partial charge in [0.2, 0.25) is 0 Å². The smallest absolute Gasteiger partial charge is 0.128 e. The summed E-state index contributed by atoms with van der Waals surface area (Å²) in [7, 11) is 0. The number of rotatable bonds is 3. The van der Waals surface area contributed by atoms with Crippen LogP contribution < -0.4 is 4.90 Å². The summed E-state index contributed by atoms with van der Waals surface area (Å²) in [6, 6.07) is 2.80. The SMILES string of the molecule is ClCc1cc(N2CCC(N3CCCCC3)CC2)ncc1Cl. The molecule has 2 aliphatic heterocycles. The van der Waals surface area contributed by atoms with Crippen LogP contribution >= 0.6 is 23.2 Å². The van der Waals surface area contributed by atoms with E-state index in [1.54, 1.807) is 6.20 Å². The number of halogens is 2. The average Bonchev–Trinajstić information content (AvgIpc) is 2.56. The number of piperidine rings is 2. The number of anilines is 1. The summed E-state index contributed by atoms with van der Waals surface area (Å²) in [5.41, 5.74) is 0.974. The largest absolute Gasteiger partial charge is 0.356 e. The zero-order chi connectivity index (χ0) is 14.7. The van der Waals surface area contributed by atoms with Crippen LogP contribution in [0.25, 0.3) is 0 Å². The Balaban J connectivity index is 1.60. The molecule has 3 rings (SSSR count). The Morgan fingerprint density at radius 2 is 1.81 bits per heavy atom. The first-order valence-corrected chi connectivity index (χ1v) is 8.88. The van der Waals surface area contributed by atoms with Crippen LogP contribution in [0.5, 0.6) is 0 Å². The molecule has 0 N–H and O–H groups in total. The first-order valence-electron chi connectivity index (χ1n) is 7.97. The van der Waals surface area contributed by atoms with Crippen molar-refractivity contribution in [2.45, 2.75) is 44.0 Å². The fraction of sp³-hybridized carbons (Fsp3) is 0.688. The topological polar surface area (TPSA) is 19.4 Å². The number of likely N-dealkylation sites (tertiary alicyclic amines) is 1. The van der Waals surface area contributed by atoms with Crippen molar-refractivity contribution in [2.75, 3.05) is 31.1 Å². The van der Waals surface area contributed by atoms with E-state index in [-0.39, 0.29) is 0 Å². The highest BCUT2D eigenvalue weighted by atomic mass is 35.5. The second-order valence-corrected chi connectivity index (χ2v) is 6.76. The number of hydrogen-bond donors (Lipinski definition) is 0. The molecular weight excluding hydrogens is 305 g/mol. The Bertz CT molecular complexity index is 467. The highest BCUT2D eigenvalue weighted by Crippen LogP contribution is 2.26. The molecule has 1 aromatic rings. The molecule has 0 atom stereocenters. The summed E-state index contributed by atoms with van der Waals surface area (Å²) >= 11 is 12.0. The standard InChI is InChI=1S/C16H23Cl2N3/c17-11-13-10-16(19-12-15(13)18)21-8-4-14(5-9-21)20-6-2-1-3-7-20/h10,12,14H,1-9,11H2. The minimum Gasteiger partial charge on any atom is -0.356 e. The van der Waals surface area contributed by atoms with Gasteiger partial charge in [0.1, 0.15) is 5.82 Å². The molecule has 2 aliphatic rings. The van der Waals surface area contributed by atoms with Gasteiger partial charge in [-0.05, 0) is 50.4 Å². The molecule has 0 amide bonds. The summed E-state index contributed by atoms with van der Waals surface area (Å²) in [6.07, 6.45) is 8.35. The van der Waals surface area contributed by atoms with E-state index < -0.39 is 0 Å². The molecule has 0 unspecified atom stereocenters. The van der Waals surface area contributed by atoms with E-state index >= 15 is 0 Å². The van der Waals surface area contributed by atoms with Crippen LogP contribution in [-0.4, -0.2) is 42.1 Å². The van der Waals surface area contributed by atoms with Crippen LogP contribution in [0.3, 0.4) is 0 Å². The number of alkyl halides is 1. The zero-order valence-corrected chi connectivity index (χ0v) is 13.9. The number of nitrogens with zero attached hydrogens (tertiary/aromatic N) is 3. The summed E-state index contributed by atoms with van der Waals surface area (Å²) < 4.78 is 0. The monoisotopic (exact) mass is 327 g/mol. The van der Waals surface area contributed by atoms with Crippen LogP contribution in [0, 0.1) is 0 Å². The van der Waals surface area contributed by atoms with Crippen molar-refractivity contribution in [1.82, 2.24) is 9.88 Å². The molecule has 2 fully saturated rings. The second kappa shape index (κ2) is 7.17. The van der Waals surface area contributed by atoms with Gasteiger partial charge in [0.05, 0.1) is 5.02 Å².